The minimum Gasteiger partial charge on any atom is -0.378 e. The van der Waals surface area contributed by atoms with Crippen LogP contribution in [0, 0.1) is 0 Å². The van der Waals surface area contributed by atoms with Crippen molar-refractivity contribution in [2.75, 3.05) is 44.3 Å². The van der Waals surface area contributed by atoms with E-state index in [1.807, 2.05) is 49.1 Å². The Balaban J connectivity index is 1.90. The normalized spacial score (nSPS) is 15.5. The summed E-state index contributed by atoms with van der Waals surface area (Å²) in [6, 6.07) is 9.94. The van der Waals surface area contributed by atoms with Gasteiger partial charge in [0.2, 0.25) is 11.9 Å². The van der Waals surface area contributed by atoms with Crippen LogP contribution in [-0.2, 0) is 16.1 Å². The fraction of sp³-hybridized carbons (Fsp3) is 0.550. The summed E-state index contributed by atoms with van der Waals surface area (Å²) >= 11 is 1.49. The van der Waals surface area contributed by atoms with E-state index in [9.17, 15) is 4.79 Å². The Kier molecular flexibility index (Phi) is 7.33. The first-order valence-corrected chi connectivity index (χ1v) is 10.8. The molecule has 2 aromatic rings. The number of likely N-dealkylation sites (N-methyl/N-ethyl adjacent to an activating group) is 1. The molecule has 0 bridgehead atoms. The molecule has 1 atom stereocenters. The molecule has 0 saturated carbocycles. The Labute approximate surface area is 171 Å². The third-order valence-electron chi connectivity index (χ3n) is 4.93. The number of thioether (sulfide) groups is 1. The molecule has 1 amide bonds. The predicted octanol–water partition coefficient (Wildman–Crippen LogP) is 2.84. The third-order valence-corrected chi connectivity index (χ3v) is 6.15. The topological polar surface area (TPSA) is 63.5 Å². The Hall–Kier alpha value is -2.06. The second-order valence-electron chi connectivity index (χ2n) is 6.55. The van der Waals surface area contributed by atoms with Crippen LogP contribution in [0.4, 0.5) is 5.95 Å². The van der Waals surface area contributed by atoms with Gasteiger partial charge in [0.1, 0.15) is 5.25 Å². The molecule has 0 N–H and O–H groups in total. The zero-order valence-electron chi connectivity index (χ0n) is 16.9. The van der Waals surface area contributed by atoms with Gasteiger partial charge in [-0.3, -0.25) is 9.36 Å². The van der Waals surface area contributed by atoms with Gasteiger partial charge in [-0.05, 0) is 26.3 Å². The van der Waals surface area contributed by atoms with Crippen molar-refractivity contribution in [3.63, 3.8) is 0 Å². The molecule has 1 saturated heterocycles. The number of rotatable bonds is 8. The average Bonchev–Trinajstić information content (AvgIpc) is 3.16. The zero-order chi connectivity index (χ0) is 19.9. The van der Waals surface area contributed by atoms with E-state index in [0.29, 0.717) is 26.3 Å². The highest BCUT2D eigenvalue weighted by Crippen LogP contribution is 2.37. The number of carbonyl (C=O) groups excluding carboxylic acids is 1. The first-order valence-electron chi connectivity index (χ1n) is 9.95. The van der Waals surface area contributed by atoms with Gasteiger partial charge in [-0.15, -0.1) is 10.2 Å². The molecule has 7 nitrogen and oxygen atoms in total. The fourth-order valence-corrected chi connectivity index (χ4v) is 4.52. The van der Waals surface area contributed by atoms with E-state index in [-0.39, 0.29) is 11.2 Å². The largest absolute Gasteiger partial charge is 0.378 e. The Morgan fingerprint density at radius 2 is 1.82 bits per heavy atom. The second kappa shape index (κ2) is 9.93. The predicted molar refractivity (Wildman–Crippen MR) is 112 cm³/mol. The van der Waals surface area contributed by atoms with Crippen LogP contribution in [0.1, 0.15) is 31.6 Å². The van der Waals surface area contributed by atoms with Crippen LogP contribution >= 0.6 is 11.8 Å². The van der Waals surface area contributed by atoms with E-state index in [1.165, 1.54) is 11.8 Å². The second-order valence-corrected chi connectivity index (χ2v) is 7.62. The van der Waals surface area contributed by atoms with Crippen molar-refractivity contribution in [3.05, 3.63) is 35.9 Å². The van der Waals surface area contributed by atoms with Gasteiger partial charge in [-0.2, -0.15) is 0 Å². The molecule has 3 rings (SSSR count). The first kappa shape index (κ1) is 20.7. The first-order chi connectivity index (χ1) is 13.7. The summed E-state index contributed by atoms with van der Waals surface area (Å²) in [5, 5.41) is 9.32. The minimum absolute atomic E-state index is 0.111. The number of benzene rings is 1. The van der Waals surface area contributed by atoms with Crippen molar-refractivity contribution in [3.8, 4) is 0 Å². The Bertz CT molecular complexity index is 757. The Morgan fingerprint density at radius 1 is 1.14 bits per heavy atom. The molecule has 1 aromatic carbocycles. The molecule has 1 aliphatic heterocycles. The lowest BCUT2D eigenvalue weighted by atomic mass is 10.1. The van der Waals surface area contributed by atoms with Gasteiger partial charge >= 0.3 is 0 Å². The maximum atomic E-state index is 13.2. The summed E-state index contributed by atoms with van der Waals surface area (Å²) in [6.45, 7) is 11.3. The molecule has 0 aliphatic carbocycles. The van der Waals surface area contributed by atoms with Crippen LogP contribution in [0.5, 0.6) is 0 Å². The third kappa shape index (κ3) is 4.50. The summed E-state index contributed by atoms with van der Waals surface area (Å²) < 4.78 is 7.55. The number of anilines is 1. The van der Waals surface area contributed by atoms with Gasteiger partial charge in [0, 0.05) is 32.7 Å². The highest BCUT2D eigenvalue weighted by Gasteiger charge is 2.29. The molecule has 8 heteroatoms. The number of aromatic nitrogens is 3. The van der Waals surface area contributed by atoms with Gasteiger partial charge in [-0.1, -0.05) is 42.1 Å². The van der Waals surface area contributed by atoms with Crippen LogP contribution in [-0.4, -0.2) is 65.0 Å². The Morgan fingerprint density at radius 3 is 2.43 bits per heavy atom. The molecule has 1 aromatic heterocycles. The van der Waals surface area contributed by atoms with Crippen molar-refractivity contribution in [2.45, 2.75) is 37.7 Å². The zero-order valence-corrected chi connectivity index (χ0v) is 17.7. The molecule has 0 radical (unpaired) electrons. The molecule has 152 valence electrons. The summed E-state index contributed by atoms with van der Waals surface area (Å²) in [4.78, 5) is 17.3. The maximum Gasteiger partial charge on any atom is 0.240 e. The molecule has 0 spiro atoms. The van der Waals surface area contributed by atoms with Gasteiger partial charge < -0.3 is 14.5 Å². The lowest BCUT2D eigenvalue weighted by Crippen LogP contribution is -2.38. The molecule has 1 unspecified atom stereocenters. The van der Waals surface area contributed by atoms with Gasteiger partial charge in [0.25, 0.3) is 0 Å². The average molecular weight is 404 g/mol. The molecular formula is C20H29N5O2S. The van der Waals surface area contributed by atoms with E-state index >= 15 is 0 Å². The summed E-state index contributed by atoms with van der Waals surface area (Å²) in [6.07, 6.45) is 0. The number of ether oxygens (including phenoxy) is 1. The van der Waals surface area contributed by atoms with E-state index in [0.717, 1.165) is 36.3 Å². The minimum atomic E-state index is -0.340. The summed E-state index contributed by atoms with van der Waals surface area (Å²) in [5.41, 5.74) is 0.989. The van der Waals surface area contributed by atoms with Crippen LogP contribution in [0.2, 0.25) is 0 Å². The lowest BCUT2D eigenvalue weighted by molar-refractivity contribution is -0.130. The molecular weight excluding hydrogens is 374 g/mol. The van der Waals surface area contributed by atoms with Gasteiger partial charge in [0.05, 0.1) is 13.2 Å². The van der Waals surface area contributed by atoms with E-state index in [1.54, 1.807) is 0 Å². The number of morpholine rings is 1. The van der Waals surface area contributed by atoms with Crippen LogP contribution in [0.15, 0.2) is 35.5 Å². The van der Waals surface area contributed by atoms with Crippen molar-refractivity contribution >= 4 is 23.6 Å². The van der Waals surface area contributed by atoms with Crippen molar-refractivity contribution in [1.29, 1.82) is 0 Å². The highest BCUT2D eigenvalue weighted by atomic mass is 32.2. The maximum absolute atomic E-state index is 13.2. The standard InChI is InChI=1S/C20H29N5O2S/c1-4-23(5-2)18(26)17(16-10-8-7-9-11-16)28-20-22-21-19(25(20)6-3)24-12-14-27-15-13-24/h7-11,17H,4-6,12-15H2,1-3H3. The van der Waals surface area contributed by atoms with Crippen LogP contribution in [0.3, 0.4) is 0 Å². The number of carbonyl (C=O) groups is 1. The van der Waals surface area contributed by atoms with Crippen molar-refractivity contribution in [1.82, 2.24) is 19.7 Å². The van der Waals surface area contributed by atoms with E-state index in [4.69, 9.17) is 4.74 Å². The van der Waals surface area contributed by atoms with Gasteiger partial charge in [-0.25, -0.2) is 0 Å². The lowest BCUT2D eigenvalue weighted by Gasteiger charge is -2.28. The summed E-state index contributed by atoms with van der Waals surface area (Å²) in [5.74, 6) is 0.968. The highest BCUT2D eigenvalue weighted by molar-refractivity contribution is 8.00. The van der Waals surface area contributed by atoms with Crippen molar-refractivity contribution < 1.29 is 9.53 Å². The molecule has 28 heavy (non-hydrogen) atoms. The molecule has 1 aliphatic rings. The summed E-state index contributed by atoms with van der Waals surface area (Å²) in [7, 11) is 0. The monoisotopic (exact) mass is 403 g/mol. The molecule has 1 fully saturated rings. The number of hydrogen-bond donors (Lipinski definition) is 0. The van der Waals surface area contributed by atoms with E-state index in [2.05, 4.69) is 26.6 Å². The smallest absolute Gasteiger partial charge is 0.240 e. The number of amides is 1. The number of hydrogen-bond acceptors (Lipinski definition) is 6. The van der Waals surface area contributed by atoms with Crippen LogP contribution < -0.4 is 4.90 Å². The van der Waals surface area contributed by atoms with Crippen LogP contribution in [0.25, 0.3) is 0 Å². The SMILES string of the molecule is CCN(CC)C(=O)C(Sc1nnc(N2CCOCC2)n1CC)c1ccccc1. The fourth-order valence-electron chi connectivity index (χ4n) is 3.34. The van der Waals surface area contributed by atoms with Crippen molar-refractivity contribution in [2.24, 2.45) is 0 Å². The van der Waals surface area contributed by atoms with Gasteiger partial charge in [0.15, 0.2) is 5.16 Å². The quantitative estimate of drug-likeness (QED) is 0.632. The molecule has 2 heterocycles. The number of nitrogens with zero attached hydrogens (tertiary/aromatic N) is 5. The van der Waals surface area contributed by atoms with E-state index < -0.39 is 0 Å².